The molecule has 1 aromatic rings. The summed E-state index contributed by atoms with van der Waals surface area (Å²) >= 11 is 0. The second-order valence-corrected chi connectivity index (χ2v) is 5.01. The molecule has 0 aromatic carbocycles. The van der Waals surface area contributed by atoms with Gasteiger partial charge in [0.05, 0.1) is 12.6 Å². The monoisotopic (exact) mass is 209 g/mol. The van der Waals surface area contributed by atoms with Crippen LogP contribution >= 0.6 is 0 Å². The van der Waals surface area contributed by atoms with Gasteiger partial charge in [-0.15, -0.1) is 0 Å². The van der Waals surface area contributed by atoms with Crippen molar-refractivity contribution in [2.75, 3.05) is 0 Å². The summed E-state index contributed by atoms with van der Waals surface area (Å²) < 4.78 is 1.56. The minimum Gasteiger partial charge on any atom is -0.392 e. The Morgan fingerprint density at radius 2 is 2.00 bits per heavy atom. The number of rotatable bonds is 2. The van der Waals surface area contributed by atoms with E-state index >= 15 is 0 Å². The number of aromatic nitrogens is 1. The first-order chi connectivity index (χ1) is 6.80. The van der Waals surface area contributed by atoms with Crippen molar-refractivity contribution in [2.45, 2.75) is 45.8 Å². The highest BCUT2D eigenvalue weighted by molar-refractivity contribution is 5.18. The second kappa shape index (κ2) is 4.19. The molecule has 0 aliphatic carbocycles. The maximum Gasteiger partial charge on any atom is 0.250 e. The molecule has 0 saturated heterocycles. The third kappa shape index (κ3) is 3.20. The summed E-state index contributed by atoms with van der Waals surface area (Å²) in [5.41, 5.74) is 1.06. The van der Waals surface area contributed by atoms with Gasteiger partial charge < -0.3 is 9.67 Å². The molecule has 0 radical (unpaired) electrons. The molecule has 1 N–H and O–H groups in total. The number of aliphatic hydroxyl groups excluding tert-OH is 1. The van der Waals surface area contributed by atoms with Crippen LogP contribution in [-0.4, -0.2) is 15.8 Å². The van der Waals surface area contributed by atoms with Crippen LogP contribution in [0.25, 0.3) is 0 Å². The lowest BCUT2D eigenvalue weighted by atomic mass is 9.88. The van der Waals surface area contributed by atoms with Crippen LogP contribution < -0.4 is 5.56 Å². The Morgan fingerprint density at radius 1 is 1.40 bits per heavy atom. The zero-order valence-corrected chi connectivity index (χ0v) is 9.82. The maximum absolute atomic E-state index is 11.5. The average molecular weight is 209 g/mol. The Kier molecular flexibility index (Phi) is 3.35. The Hall–Kier alpha value is -1.09. The molecule has 1 rings (SSSR count). The van der Waals surface area contributed by atoms with E-state index in [-0.39, 0.29) is 11.0 Å². The molecule has 0 saturated carbocycles. The fourth-order valence-corrected chi connectivity index (χ4v) is 1.40. The molecule has 0 fully saturated rings. The maximum atomic E-state index is 11.5. The molecule has 1 aromatic heterocycles. The largest absolute Gasteiger partial charge is 0.392 e. The molecule has 0 aliphatic rings. The Labute approximate surface area is 90.4 Å². The van der Waals surface area contributed by atoms with E-state index in [0.29, 0.717) is 6.54 Å². The number of hydrogen-bond acceptors (Lipinski definition) is 2. The van der Waals surface area contributed by atoms with E-state index in [1.807, 2.05) is 12.3 Å². The van der Waals surface area contributed by atoms with E-state index in [1.165, 1.54) is 0 Å². The van der Waals surface area contributed by atoms with Gasteiger partial charge in [0.25, 0.3) is 5.56 Å². The van der Waals surface area contributed by atoms with Crippen LogP contribution in [0.4, 0.5) is 0 Å². The molecule has 84 valence electrons. The van der Waals surface area contributed by atoms with Gasteiger partial charge in [-0.3, -0.25) is 4.79 Å². The second-order valence-electron chi connectivity index (χ2n) is 5.01. The van der Waals surface area contributed by atoms with Gasteiger partial charge in [0.15, 0.2) is 0 Å². The average Bonchev–Trinajstić information content (AvgIpc) is 2.06. The molecule has 0 spiro atoms. The molecule has 1 heterocycles. The highest BCUT2D eigenvalue weighted by atomic mass is 16.3. The van der Waals surface area contributed by atoms with Crippen molar-refractivity contribution < 1.29 is 5.11 Å². The topological polar surface area (TPSA) is 42.2 Å². The minimum absolute atomic E-state index is 0.0220. The number of hydrogen-bond donors (Lipinski definition) is 1. The van der Waals surface area contributed by atoms with Crippen molar-refractivity contribution in [3.63, 3.8) is 0 Å². The summed E-state index contributed by atoms with van der Waals surface area (Å²) in [6, 6.07) is 3.41. The number of nitrogens with zero attached hydrogens (tertiary/aromatic N) is 1. The van der Waals surface area contributed by atoms with Gasteiger partial charge in [0.1, 0.15) is 0 Å². The van der Waals surface area contributed by atoms with E-state index in [2.05, 4.69) is 20.8 Å². The van der Waals surface area contributed by atoms with Crippen LogP contribution in [0.1, 0.15) is 33.3 Å². The number of pyridine rings is 1. The number of aliphatic hydroxyl groups is 1. The molecule has 0 aliphatic heterocycles. The fourth-order valence-electron chi connectivity index (χ4n) is 1.40. The van der Waals surface area contributed by atoms with E-state index in [1.54, 1.807) is 17.6 Å². The van der Waals surface area contributed by atoms with Crippen molar-refractivity contribution in [1.29, 1.82) is 0 Å². The summed E-state index contributed by atoms with van der Waals surface area (Å²) in [5, 5.41) is 9.26. The molecular weight excluding hydrogens is 190 g/mol. The van der Waals surface area contributed by atoms with Crippen molar-refractivity contribution in [2.24, 2.45) is 0 Å². The summed E-state index contributed by atoms with van der Waals surface area (Å²) in [5.74, 6) is 0. The summed E-state index contributed by atoms with van der Waals surface area (Å²) in [6.07, 6.45) is 1.33. The molecule has 3 heteroatoms. The zero-order valence-electron chi connectivity index (χ0n) is 9.82. The quantitative estimate of drug-likeness (QED) is 0.802. The van der Waals surface area contributed by atoms with Crippen molar-refractivity contribution in [1.82, 2.24) is 4.57 Å². The predicted molar refractivity (Wildman–Crippen MR) is 61.1 cm³/mol. The van der Waals surface area contributed by atoms with Crippen LogP contribution in [0.5, 0.6) is 0 Å². The van der Waals surface area contributed by atoms with E-state index < -0.39 is 6.10 Å². The van der Waals surface area contributed by atoms with Crippen LogP contribution in [0, 0.1) is 0 Å². The summed E-state index contributed by atoms with van der Waals surface area (Å²) in [4.78, 5) is 11.5. The predicted octanol–water partition coefficient (Wildman–Crippen LogP) is 1.53. The highest BCUT2D eigenvalue weighted by Crippen LogP contribution is 2.20. The minimum atomic E-state index is -0.502. The molecule has 3 nitrogen and oxygen atoms in total. The summed E-state index contributed by atoms with van der Waals surface area (Å²) in [6.45, 7) is 8.32. The molecule has 1 unspecified atom stereocenters. The van der Waals surface area contributed by atoms with Gasteiger partial charge in [0.2, 0.25) is 0 Å². The van der Waals surface area contributed by atoms with Crippen LogP contribution in [0.2, 0.25) is 0 Å². The standard InChI is InChI=1S/C12H19NO2/c1-9(14)7-13-8-10(12(2,3)4)5-6-11(13)15/h5-6,8-9,14H,7H2,1-4H3. The SMILES string of the molecule is CC(O)Cn1cc(C(C)(C)C)ccc1=O. The third-order valence-electron chi connectivity index (χ3n) is 2.31. The molecule has 0 bridgehead atoms. The van der Waals surface area contributed by atoms with Crippen LogP contribution in [0.15, 0.2) is 23.1 Å². The first kappa shape index (κ1) is 12.0. The van der Waals surface area contributed by atoms with E-state index in [0.717, 1.165) is 5.56 Å². The third-order valence-corrected chi connectivity index (χ3v) is 2.31. The van der Waals surface area contributed by atoms with Gasteiger partial charge in [-0.1, -0.05) is 26.8 Å². The van der Waals surface area contributed by atoms with E-state index in [9.17, 15) is 9.90 Å². The first-order valence-electron chi connectivity index (χ1n) is 5.20. The van der Waals surface area contributed by atoms with E-state index in [4.69, 9.17) is 0 Å². The lowest BCUT2D eigenvalue weighted by molar-refractivity contribution is 0.172. The van der Waals surface area contributed by atoms with Crippen molar-refractivity contribution in [3.8, 4) is 0 Å². The van der Waals surface area contributed by atoms with Crippen molar-refractivity contribution in [3.05, 3.63) is 34.2 Å². The normalized spacial score (nSPS) is 13.9. The molecule has 15 heavy (non-hydrogen) atoms. The Morgan fingerprint density at radius 3 is 2.47 bits per heavy atom. The lowest BCUT2D eigenvalue weighted by Gasteiger charge is -2.20. The van der Waals surface area contributed by atoms with Gasteiger partial charge in [-0.2, -0.15) is 0 Å². The van der Waals surface area contributed by atoms with Gasteiger partial charge in [-0.05, 0) is 17.9 Å². The smallest absolute Gasteiger partial charge is 0.250 e. The van der Waals surface area contributed by atoms with Crippen LogP contribution in [-0.2, 0) is 12.0 Å². The van der Waals surface area contributed by atoms with Gasteiger partial charge in [0, 0.05) is 12.3 Å². The fraction of sp³-hybridized carbons (Fsp3) is 0.583. The van der Waals surface area contributed by atoms with Gasteiger partial charge >= 0.3 is 0 Å². The molecular formula is C12H19NO2. The summed E-state index contributed by atoms with van der Waals surface area (Å²) in [7, 11) is 0. The van der Waals surface area contributed by atoms with Crippen molar-refractivity contribution >= 4 is 0 Å². The highest BCUT2D eigenvalue weighted by Gasteiger charge is 2.14. The lowest BCUT2D eigenvalue weighted by Crippen LogP contribution is -2.26. The van der Waals surface area contributed by atoms with Gasteiger partial charge in [-0.25, -0.2) is 0 Å². The molecule has 0 amide bonds. The zero-order chi connectivity index (χ0) is 11.6. The first-order valence-corrected chi connectivity index (χ1v) is 5.20. The Bertz CT molecular complexity index is 385. The Balaban J connectivity index is 3.11. The van der Waals surface area contributed by atoms with Crippen LogP contribution in [0.3, 0.4) is 0 Å². The molecule has 1 atom stereocenters.